The van der Waals surface area contributed by atoms with Gasteiger partial charge in [-0.05, 0) is 37.1 Å². The van der Waals surface area contributed by atoms with Gasteiger partial charge in [0.2, 0.25) is 0 Å². The molecule has 2 heteroatoms. The summed E-state index contributed by atoms with van der Waals surface area (Å²) in [5, 5.41) is 0. The summed E-state index contributed by atoms with van der Waals surface area (Å²) in [6.45, 7) is 5.14. The van der Waals surface area contributed by atoms with Crippen LogP contribution in [0.2, 0.25) is 0 Å². The van der Waals surface area contributed by atoms with E-state index in [9.17, 15) is 0 Å². The van der Waals surface area contributed by atoms with E-state index in [4.69, 9.17) is 4.99 Å². The van der Waals surface area contributed by atoms with Gasteiger partial charge in [0.15, 0.2) is 0 Å². The molecule has 0 saturated carbocycles. The lowest BCUT2D eigenvalue weighted by atomic mass is 10.0. The van der Waals surface area contributed by atoms with E-state index in [1.807, 2.05) is 6.07 Å². The smallest absolute Gasteiger partial charge is 0.101 e. The van der Waals surface area contributed by atoms with Gasteiger partial charge in [0.1, 0.15) is 5.84 Å². The van der Waals surface area contributed by atoms with Crippen molar-refractivity contribution in [2.24, 2.45) is 4.99 Å². The van der Waals surface area contributed by atoms with Gasteiger partial charge in [-0.2, -0.15) is 0 Å². The first-order valence-electron chi connectivity index (χ1n) is 6.70. The molecule has 2 aromatic carbocycles. The van der Waals surface area contributed by atoms with Crippen molar-refractivity contribution in [3.05, 3.63) is 65.7 Å². The van der Waals surface area contributed by atoms with E-state index in [0.29, 0.717) is 0 Å². The Labute approximate surface area is 114 Å². The SMILES string of the molecule is CC1=NC(C)c2ccccc2CN1c1ccccc1. The van der Waals surface area contributed by atoms with Crippen LogP contribution in [0, 0.1) is 0 Å². The van der Waals surface area contributed by atoms with Crippen LogP contribution in [-0.4, -0.2) is 5.84 Å². The molecule has 2 nitrogen and oxygen atoms in total. The monoisotopic (exact) mass is 250 g/mol. The van der Waals surface area contributed by atoms with Crippen LogP contribution in [0.15, 0.2) is 59.6 Å². The first-order chi connectivity index (χ1) is 9.25. The Kier molecular flexibility index (Phi) is 3.08. The number of fused-ring (bicyclic) bond motifs is 1. The third-order valence-electron chi connectivity index (χ3n) is 3.67. The van der Waals surface area contributed by atoms with Gasteiger partial charge < -0.3 is 4.90 Å². The number of aliphatic imine (C=N–C) groups is 1. The minimum Gasteiger partial charge on any atom is -0.326 e. The summed E-state index contributed by atoms with van der Waals surface area (Å²) in [6.07, 6.45) is 0. The maximum Gasteiger partial charge on any atom is 0.101 e. The molecule has 2 aromatic rings. The third-order valence-corrected chi connectivity index (χ3v) is 3.67. The summed E-state index contributed by atoms with van der Waals surface area (Å²) in [5.41, 5.74) is 3.90. The highest BCUT2D eigenvalue weighted by Crippen LogP contribution is 2.28. The quantitative estimate of drug-likeness (QED) is 0.741. The van der Waals surface area contributed by atoms with Gasteiger partial charge in [0.25, 0.3) is 0 Å². The van der Waals surface area contributed by atoms with Gasteiger partial charge in [-0.25, -0.2) is 0 Å². The van der Waals surface area contributed by atoms with Crippen LogP contribution in [-0.2, 0) is 6.54 Å². The number of anilines is 1. The standard InChI is InChI=1S/C17H18N2/c1-13-17-11-7-6-8-15(17)12-19(14(2)18-13)16-9-4-3-5-10-16/h3-11,13H,12H2,1-2H3. The molecule has 0 bridgehead atoms. The number of nitrogens with zero attached hydrogens (tertiary/aromatic N) is 2. The molecule has 1 aliphatic heterocycles. The minimum atomic E-state index is 0.227. The molecule has 0 aliphatic carbocycles. The van der Waals surface area contributed by atoms with Crippen LogP contribution in [0.3, 0.4) is 0 Å². The molecule has 0 saturated heterocycles. The van der Waals surface area contributed by atoms with Crippen molar-refractivity contribution in [3.63, 3.8) is 0 Å². The van der Waals surface area contributed by atoms with Gasteiger partial charge in [0.05, 0.1) is 6.04 Å². The Morgan fingerprint density at radius 1 is 1.00 bits per heavy atom. The number of hydrogen-bond acceptors (Lipinski definition) is 2. The summed E-state index contributed by atoms with van der Waals surface area (Å²) >= 11 is 0. The Hall–Kier alpha value is -2.09. The molecule has 19 heavy (non-hydrogen) atoms. The molecule has 0 amide bonds. The predicted molar refractivity (Wildman–Crippen MR) is 80.6 cm³/mol. The van der Waals surface area contributed by atoms with Crippen molar-refractivity contribution in [2.75, 3.05) is 4.90 Å². The summed E-state index contributed by atoms with van der Waals surface area (Å²) < 4.78 is 0. The second kappa shape index (κ2) is 4.88. The van der Waals surface area contributed by atoms with Crippen molar-refractivity contribution in [3.8, 4) is 0 Å². The van der Waals surface area contributed by atoms with E-state index in [1.54, 1.807) is 0 Å². The molecule has 0 radical (unpaired) electrons. The van der Waals surface area contributed by atoms with E-state index < -0.39 is 0 Å². The molecular weight excluding hydrogens is 232 g/mol. The molecule has 0 fully saturated rings. The molecule has 1 aliphatic rings. The highest BCUT2D eigenvalue weighted by Gasteiger charge is 2.19. The molecule has 1 atom stereocenters. The number of benzene rings is 2. The van der Waals surface area contributed by atoms with Gasteiger partial charge in [0, 0.05) is 12.2 Å². The van der Waals surface area contributed by atoms with E-state index in [-0.39, 0.29) is 6.04 Å². The lowest BCUT2D eigenvalue weighted by molar-refractivity contribution is 0.816. The maximum absolute atomic E-state index is 4.82. The molecule has 3 rings (SSSR count). The Morgan fingerprint density at radius 2 is 1.68 bits per heavy atom. The zero-order chi connectivity index (χ0) is 13.2. The molecule has 1 heterocycles. The summed E-state index contributed by atoms with van der Waals surface area (Å²) in [4.78, 5) is 7.10. The van der Waals surface area contributed by atoms with E-state index >= 15 is 0 Å². The molecular formula is C17H18N2. The van der Waals surface area contributed by atoms with Crippen molar-refractivity contribution in [1.29, 1.82) is 0 Å². The summed E-state index contributed by atoms with van der Waals surface area (Å²) in [6, 6.07) is 19.3. The van der Waals surface area contributed by atoms with E-state index in [1.165, 1.54) is 16.8 Å². The van der Waals surface area contributed by atoms with Crippen LogP contribution < -0.4 is 4.90 Å². The zero-order valence-corrected chi connectivity index (χ0v) is 11.4. The van der Waals surface area contributed by atoms with Crippen molar-refractivity contribution >= 4 is 11.5 Å². The second-order valence-corrected chi connectivity index (χ2v) is 4.97. The van der Waals surface area contributed by atoms with Crippen LogP contribution in [0.4, 0.5) is 5.69 Å². The molecule has 0 aromatic heterocycles. The topological polar surface area (TPSA) is 15.6 Å². The van der Waals surface area contributed by atoms with Gasteiger partial charge in [-0.15, -0.1) is 0 Å². The average molecular weight is 250 g/mol. The lowest BCUT2D eigenvalue weighted by Crippen LogP contribution is -2.27. The lowest BCUT2D eigenvalue weighted by Gasteiger charge is -2.23. The van der Waals surface area contributed by atoms with Crippen LogP contribution in [0.5, 0.6) is 0 Å². The fourth-order valence-corrected chi connectivity index (χ4v) is 2.68. The fraction of sp³-hybridized carbons (Fsp3) is 0.235. The number of para-hydroxylation sites is 1. The highest BCUT2D eigenvalue weighted by molar-refractivity contribution is 5.96. The Balaban J connectivity index is 2.06. The van der Waals surface area contributed by atoms with Gasteiger partial charge in [-0.3, -0.25) is 4.99 Å². The first-order valence-corrected chi connectivity index (χ1v) is 6.70. The molecule has 96 valence electrons. The van der Waals surface area contributed by atoms with Crippen molar-refractivity contribution in [1.82, 2.24) is 0 Å². The number of hydrogen-bond donors (Lipinski definition) is 0. The van der Waals surface area contributed by atoms with Crippen LogP contribution in [0.25, 0.3) is 0 Å². The molecule has 0 N–H and O–H groups in total. The van der Waals surface area contributed by atoms with Crippen molar-refractivity contribution in [2.45, 2.75) is 26.4 Å². The van der Waals surface area contributed by atoms with E-state index in [2.05, 4.69) is 67.3 Å². The normalized spacial score (nSPS) is 18.5. The number of amidine groups is 1. The van der Waals surface area contributed by atoms with Crippen LogP contribution >= 0.6 is 0 Å². The first kappa shape index (κ1) is 12.0. The van der Waals surface area contributed by atoms with Crippen LogP contribution in [0.1, 0.15) is 31.0 Å². The molecule has 1 unspecified atom stereocenters. The van der Waals surface area contributed by atoms with Crippen molar-refractivity contribution < 1.29 is 0 Å². The second-order valence-electron chi connectivity index (χ2n) is 4.97. The predicted octanol–water partition coefficient (Wildman–Crippen LogP) is 4.19. The van der Waals surface area contributed by atoms with E-state index in [0.717, 1.165) is 12.4 Å². The largest absolute Gasteiger partial charge is 0.326 e. The Morgan fingerprint density at radius 3 is 2.47 bits per heavy atom. The fourth-order valence-electron chi connectivity index (χ4n) is 2.68. The van der Waals surface area contributed by atoms with Gasteiger partial charge in [-0.1, -0.05) is 42.5 Å². The number of rotatable bonds is 1. The minimum absolute atomic E-state index is 0.227. The Bertz CT molecular complexity index is 602. The average Bonchev–Trinajstić information content (AvgIpc) is 2.57. The molecule has 0 spiro atoms. The highest BCUT2D eigenvalue weighted by atomic mass is 15.2. The summed E-state index contributed by atoms with van der Waals surface area (Å²) in [5.74, 6) is 1.08. The zero-order valence-electron chi connectivity index (χ0n) is 11.4. The van der Waals surface area contributed by atoms with Gasteiger partial charge >= 0.3 is 0 Å². The summed E-state index contributed by atoms with van der Waals surface area (Å²) in [7, 11) is 0. The third kappa shape index (κ3) is 2.26. The maximum atomic E-state index is 4.82.